The summed E-state index contributed by atoms with van der Waals surface area (Å²) >= 11 is 5.85. The van der Waals surface area contributed by atoms with Gasteiger partial charge in [0, 0.05) is 10.7 Å². The highest BCUT2D eigenvalue weighted by Gasteiger charge is 2.12. The van der Waals surface area contributed by atoms with Gasteiger partial charge in [-0.1, -0.05) is 48.0 Å². The van der Waals surface area contributed by atoms with E-state index >= 15 is 0 Å². The number of carbonyl (C=O) groups excluding carboxylic acids is 1. The lowest BCUT2D eigenvalue weighted by atomic mass is 10.1. The number of rotatable bonds is 4. The summed E-state index contributed by atoms with van der Waals surface area (Å²) < 4.78 is 0. The summed E-state index contributed by atoms with van der Waals surface area (Å²) in [6, 6.07) is 14.9. The van der Waals surface area contributed by atoms with Crippen molar-refractivity contribution in [1.82, 2.24) is 0 Å². The molecular weight excluding hydrogens is 250 g/mol. The van der Waals surface area contributed by atoms with Crippen molar-refractivity contribution in [3.05, 3.63) is 65.2 Å². The van der Waals surface area contributed by atoms with Crippen molar-refractivity contribution < 1.29 is 9.90 Å². The lowest BCUT2D eigenvalue weighted by Gasteiger charge is -2.21. The molecule has 0 aliphatic rings. The van der Waals surface area contributed by atoms with Crippen LogP contribution in [0.4, 0.5) is 5.69 Å². The van der Waals surface area contributed by atoms with Crippen LogP contribution >= 0.6 is 11.6 Å². The Morgan fingerprint density at radius 2 is 1.83 bits per heavy atom. The Morgan fingerprint density at radius 1 is 1.11 bits per heavy atom. The Bertz CT molecular complexity index is 543. The number of hydrogen-bond donors (Lipinski definition) is 1. The van der Waals surface area contributed by atoms with Gasteiger partial charge in [0.25, 0.3) is 0 Å². The molecule has 0 fully saturated rings. The summed E-state index contributed by atoms with van der Waals surface area (Å²) in [5.41, 5.74) is 1.28. The summed E-state index contributed by atoms with van der Waals surface area (Å²) in [7, 11) is 0. The van der Waals surface area contributed by atoms with Crippen LogP contribution in [-0.4, -0.2) is 5.97 Å². The molecule has 0 spiro atoms. The molecule has 18 heavy (non-hydrogen) atoms. The van der Waals surface area contributed by atoms with Gasteiger partial charge in [-0.3, -0.25) is 0 Å². The number of benzene rings is 2. The van der Waals surface area contributed by atoms with Crippen molar-refractivity contribution in [1.29, 1.82) is 0 Å². The fraction of sp³-hybridized carbons (Fsp3) is 0.0714. The smallest absolute Gasteiger partial charge is 0.0912 e. The zero-order valence-electron chi connectivity index (χ0n) is 9.47. The van der Waals surface area contributed by atoms with Gasteiger partial charge in [0.1, 0.15) is 0 Å². The largest absolute Gasteiger partial charge is 0.548 e. The monoisotopic (exact) mass is 260 g/mol. The van der Waals surface area contributed by atoms with Crippen molar-refractivity contribution in [3.63, 3.8) is 0 Å². The van der Waals surface area contributed by atoms with E-state index in [0.29, 0.717) is 16.3 Å². The van der Waals surface area contributed by atoms with E-state index in [0.717, 1.165) is 0 Å². The molecule has 0 saturated heterocycles. The van der Waals surface area contributed by atoms with E-state index in [-0.39, 0.29) is 0 Å². The molecule has 4 heteroatoms. The zero-order chi connectivity index (χ0) is 13.0. The van der Waals surface area contributed by atoms with E-state index in [1.807, 2.05) is 6.07 Å². The second-order valence-electron chi connectivity index (χ2n) is 3.82. The van der Waals surface area contributed by atoms with Crippen molar-refractivity contribution in [2.75, 3.05) is 5.32 Å². The van der Waals surface area contributed by atoms with Crippen LogP contribution in [0.2, 0.25) is 5.02 Å². The topological polar surface area (TPSA) is 52.2 Å². The minimum atomic E-state index is -1.18. The third-order valence-electron chi connectivity index (χ3n) is 2.50. The quantitative estimate of drug-likeness (QED) is 0.917. The van der Waals surface area contributed by atoms with Gasteiger partial charge >= 0.3 is 0 Å². The van der Waals surface area contributed by atoms with E-state index in [1.54, 1.807) is 48.5 Å². The number of hydrogen-bond acceptors (Lipinski definition) is 3. The molecule has 2 rings (SSSR count). The zero-order valence-corrected chi connectivity index (χ0v) is 10.2. The average Bonchev–Trinajstić information content (AvgIpc) is 2.37. The van der Waals surface area contributed by atoms with Crippen LogP contribution in [0.15, 0.2) is 54.6 Å². The van der Waals surface area contributed by atoms with Gasteiger partial charge in [0.15, 0.2) is 0 Å². The number of carboxylic acids is 1. The summed E-state index contributed by atoms with van der Waals surface area (Å²) in [6.07, 6.45) is 0. The molecule has 1 N–H and O–H groups in total. The molecule has 0 aliphatic heterocycles. The van der Waals surface area contributed by atoms with Gasteiger partial charge in [-0.25, -0.2) is 0 Å². The van der Waals surface area contributed by atoms with Gasteiger partial charge in [0.2, 0.25) is 0 Å². The maximum Gasteiger partial charge on any atom is 0.0912 e. The number of aliphatic carboxylic acids is 1. The average molecular weight is 261 g/mol. The molecule has 1 atom stereocenters. The first-order chi connectivity index (χ1) is 8.66. The lowest BCUT2D eigenvalue weighted by Crippen LogP contribution is -2.34. The van der Waals surface area contributed by atoms with Crippen LogP contribution in [0.25, 0.3) is 0 Å². The van der Waals surface area contributed by atoms with Crippen LogP contribution in [0.3, 0.4) is 0 Å². The Labute approximate surface area is 110 Å². The molecule has 0 aromatic heterocycles. The molecule has 0 radical (unpaired) electrons. The lowest BCUT2D eigenvalue weighted by molar-refractivity contribution is -0.307. The highest BCUT2D eigenvalue weighted by molar-refractivity contribution is 6.30. The minimum absolute atomic E-state index is 0.546. The molecule has 0 aliphatic carbocycles. The summed E-state index contributed by atoms with van der Waals surface area (Å²) in [6.45, 7) is 0. The number of anilines is 1. The maximum absolute atomic E-state index is 11.2. The molecule has 0 saturated carbocycles. The Kier molecular flexibility index (Phi) is 3.85. The molecule has 0 unspecified atom stereocenters. The Morgan fingerprint density at radius 3 is 2.44 bits per heavy atom. The van der Waals surface area contributed by atoms with Gasteiger partial charge in [0.05, 0.1) is 12.0 Å². The van der Waals surface area contributed by atoms with Crippen LogP contribution in [0.1, 0.15) is 11.6 Å². The van der Waals surface area contributed by atoms with Crippen molar-refractivity contribution >= 4 is 23.3 Å². The normalized spacial score (nSPS) is 11.8. The van der Waals surface area contributed by atoms with Crippen molar-refractivity contribution in [2.45, 2.75) is 6.04 Å². The molecule has 3 nitrogen and oxygen atoms in total. The molecule has 0 heterocycles. The molecule has 2 aromatic rings. The van der Waals surface area contributed by atoms with E-state index in [9.17, 15) is 9.90 Å². The second-order valence-corrected chi connectivity index (χ2v) is 4.25. The standard InChI is InChI=1S/C14H12ClNO2/c15-11-7-4-8-12(9-11)16-13(14(17)18)10-5-2-1-3-6-10/h1-9,13,16H,(H,17,18)/p-1/t13-/m0/s1. The number of halogens is 1. The van der Waals surface area contributed by atoms with Crippen molar-refractivity contribution in [3.8, 4) is 0 Å². The van der Waals surface area contributed by atoms with Crippen LogP contribution in [0.5, 0.6) is 0 Å². The van der Waals surface area contributed by atoms with Gasteiger partial charge in [-0.2, -0.15) is 0 Å². The summed E-state index contributed by atoms with van der Waals surface area (Å²) in [5.74, 6) is -1.18. The molecule has 0 bridgehead atoms. The highest BCUT2D eigenvalue weighted by Crippen LogP contribution is 2.21. The minimum Gasteiger partial charge on any atom is -0.548 e. The van der Waals surface area contributed by atoms with Crippen molar-refractivity contribution in [2.24, 2.45) is 0 Å². The van der Waals surface area contributed by atoms with Crippen LogP contribution < -0.4 is 10.4 Å². The number of carbonyl (C=O) groups is 1. The third-order valence-corrected chi connectivity index (χ3v) is 2.74. The predicted molar refractivity (Wildman–Crippen MR) is 69.3 cm³/mol. The Balaban J connectivity index is 2.25. The van der Waals surface area contributed by atoms with Gasteiger partial charge < -0.3 is 15.2 Å². The number of nitrogens with one attached hydrogen (secondary N) is 1. The maximum atomic E-state index is 11.2. The predicted octanol–water partition coefficient (Wildman–Crippen LogP) is 2.24. The first kappa shape index (κ1) is 12.5. The SMILES string of the molecule is O=C([O-])[C@@H](Nc1cccc(Cl)c1)c1ccccc1. The van der Waals surface area contributed by atoms with E-state index < -0.39 is 12.0 Å². The first-order valence-electron chi connectivity index (χ1n) is 5.45. The van der Waals surface area contributed by atoms with Crippen LogP contribution in [-0.2, 0) is 4.79 Å². The fourth-order valence-electron chi connectivity index (χ4n) is 1.67. The van der Waals surface area contributed by atoms with E-state index in [4.69, 9.17) is 11.6 Å². The fourth-order valence-corrected chi connectivity index (χ4v) is 1.86. The summed E-state index contributed by atoms with van der Waals surface area (Å²) in [4.78, 5) is 11.2. The molecule has 92 valence electrons. The first-order valence-corrected chi connectivity index (χ1v) is 5.82. The Hall–Kier alpha value is -2.00. The highest BCUT2D eigenvalue weighted by atomic mass is 35.5. The van der Waals surface area contributed by atoms with Crippen LogP contribution in [0, 0.1) is 0 Å². The third kappa shape index (κ3) is 3.02. The summed E-state index contributed by atoms with van der Waals surface area (Å²) in [5, 5.41) is 14.6. The molecular formula is C14H11ClNO2-. The van der Waals surface area contributed by atoms with Gasteiger partial charge in [-0.05, 0) is 23.8 Å². The van der Waals surface area contributed by atoms with E-state index in [2.05, 4.69) is 5.32 Å². The van der Waals surface area contributed by atoms with Gasteiger partial charge in [-0.15, -0.1) is 0 Å². The molecule has 2 aromatic carbocycles. The molecule has 0 amide bonds. The number of carboxylic acid groups (broad SMARTS) is 1. The van der Waals surface area contributed by atoms with E-state index in [1.165, 1.54) is 0 Å². The second kappa shape index (κ2) is 5.56.